The molecule has 0 amide bonds. The van der Waals surface area contributed by atoms with Crippen LogP contribution in [0.2, 0.25) is 0 Å². The molecule has 4 heteroatoms. The summed E-state index contributed by atoms with van der Waals surface area (Å²) < 4.78 is 5.71. The van der Waals surface area contributed by atoms with Crippen LogP contribution in [0.4, 0.5) is 0 Å². The summed E-state index contributed by atoms with van der Waals surface area (Å²) in [5, 5.41) is 8.74. The number of piperazine rings is 1. The van der Waals surface area contributed by atoms with Gasteiger partial charge in [0.15, 0.2) is 0 Å². The van der Waals surface area contributed by atoms with E-state index in [0.29, 0.717) is 11.6 Å². The predicted molar refractivity (Wildman–Crippen MR) is 84.4 cm³/mol. The average molecular weight is 287 g/mol. The van der Waals surface area contributed by atoms with Crippen molar-refractivity contribution in [3.63, 3.8) is 0 Å². The highest BCUT2D eigenvalue weighted by atomic mass is 16.5. The monoisotopic (exact) mass is 287 g/mol. The van der Waals surface area contributed by atoms with Crippen LogP contribution >= 0.6 is 0 Å². The highest BCUT2D eigenvalue weighted by Crippen LogP contribution is 2.12. The van der Waals surface area contributed by atoms with Gasteiger partial charge in [0.25, 0.3) is 0 Å². The molecule has 0 saturated carbocycles. The van der Waals surface area contributed by atoms with Gasteiger partial charge >= 0.3 is 0 Å². The molecule has 1 aromatic rings. The fraction of sp³-hybridized carbons (Fsp3) is 0.588. The van der Waals surface area contributed by atoms with E-state index in [-0.39, 0.29) is 0 Å². The topological polar surface area (TPSA) is 39.5 Å². The van der Waals surface area contributed by atoms with Crippen LogP contribution in [0.1, 0.15) is 25.8 Å². The molecule has 0 aromatic heterocycles. The summed E-state index contributed by atoms with van der Waals surface area (Å²) in [6.45, 7) is 11.0. The van der Waals surface area contributed by atoms with Gasteiger partial charge in [-0.25, -0.2) is 0 Å². The van der Waals surface area contributed by atoms with Gasteiger partial charge in [0.1, 0.15) is 5.75 Å². The summed E-state index contributed by atoms with van der Waals surface area (Å²) in [7, 11) is 0. The van der Waals surface area contributed by atoms with Crippen molar-refractivity contribution in [2.45, 2.75) is 26.3 Å². The molecule has 0 atom stereocenters. The first-order valence-electron chi connectivity index (χ1n) is 7.78. The lowest BCUT2D eigenvalue weighted by Crippen LogP contribution is -2.49. The lowest BCUT2D eigenvalue weighted by atomic mass is 10.2. The molecular formula is C17H25N3O. The van der Waals surface area contributed by atoms with Crippen LogP contribution in [-0.4, -0.2) is 55.2 Å². The van der Waals surface area contributed by atoms with Crippen molar-refractivity contribution in [1.82, 2.24) is 9.80 Å². The molecule has 1 heterocycles. The second kappa shape index (κ2) is 8.02. The van der Waals surface area contributed by atoms with E-state index in [2.05, 4.69) is 29.7 Å². The minimum atomic E-state index is 0.659. The first kappa shape index (κ1) is 15.8. The van der Waals surface area contributed by atoms with Gasteiger partial charge in [-0.1, -0.05) is 0 Å². The van der Waals surface area contributed by atoms with Crippen LogP contribution < -0.4 is 4.74 Å². The van der Waals surface area contributed by atoms with Gasteiger partial charge in [-0.2, -0.15) is 5.26 Å². The Morgan fingerprint density at radius 2 is 1.81 bits per heavy atom. The van der Waals surface area contributed by atoms with Crippen molar-refractivity contribution in [2.24, 2.45) is 0 Å². The number of benzene rings is 1. The summed E-state index contributed by atoms with van der Waals surface area (Å²) in [4.78, 5) is 5.05. The Bertz CT molecular complexity index is 456. The smallest absolute Gasteiger partial charge is 0.119 e. The van der Waals surface area contributed by atoms with Crippen molar-refractivity contribution in [3.05, 3.63) is 29.8 Å². The third kappa shape index (κ3) is 5.04. The van der Waals surface area contributed by atoms with Crippen molar-refractivity contribution in [3.8, 4) is 11.8 Å². The number of nitriles is 1. The van der Waals surface area contributed by atoms with Gasteiger partial charge in [-0.15, -0.1) is 0 Å². The Morgan fingerprint density at radius 1 is 1.14 bits per heavy atom. The number of ether oxygens (including phenoxy) is 1. The molecule has 0 bridgehead atoms. The molecular weight excluding hydrogens is 262 g/mol. The second-order valence-electron chi connectivity index (χ2n) is 5.81. The predicted octanol–water partition coefficient (Wildman–Crippen LogP) is 2.35. The lowest BCUT2D eigenvalue weighted by molar-refractivity contribution is 0.104. The molecule has 1 aliphatic rings. The standard InChI is InChI=1S/C17H25N3O/c1-15(2)20-11-9-19(10-12-20)8-3-13-21-17-6-4-16(14-18)5-7-17/h4-7,15H,3,8-13H2,1-2H3. The third-order valence-corrected chi connectivity index (χ3v) is 4.01. The van der Waals surface area contributed by atoms with Crippen LogP contribution in [0.5, 0.6) is 5.75 Å². The summed E-state index contributed by atoms with van der Waals surface area (Å²) >= 11 is 0. The van der Waals surface area contributed by atoms with Crippen LogP contribution in [0.3, 0.4) is 0 Å². The molecule has 1 saturated heterocycles. The van der Waals surface area contributed by atoms with E-state index in [1.807, 2.05) is 12.1 Å². The van der Waals surface area contributed by atoms with E-state index in [1.54, 1.807) is 12.1 Å². The number of nitrogens with zero attached hydrogens (tertiary/aromatic N) is 3. The quantitative estimate of drug-likeness (QED) is 0.753. The molecule has 114 valence electrons. The van der Waals surface area contributed by atoms with E-state index >= 15 is 0 Å². The Morgan fingerprint density at radius 3 is 2.38 bits per heavy atom. The highest BCUT2D eigenvalue weighted by Gasteiger charge is 2.17. The van der Waals surface area contributed by atoms with E-state index in [0.717, 1.165) is 38.4 Å². The summed E-state index contributed by atoms with van der Waals surface area (Å²) in [5.74, 6) is 0.846. The fourth-order valence-electron chi connectivity index (χ4n) is 2.61. The third-order valence-electron chi connectivity index (χ3n) is 4.01. The molecule has 0 unspecified atom stereocenters. The Hall–Kier alpha value is -1.57. The van der Waals surface area contributed by atoms with Crippen molar-refractivity contribution in [2.75, 3.05) is 39.3 Å². The summed E-state index contributed by atoms with van der Waals surface area (Å²) in [6.07, 6.45) is 1.04. The second-order valence-corrected chi connectivity index (χ2v) is 5.81. The van der Waals surface area contributed by atoms with Gasteiger partial charge in [0.2, 0.25) is 0 Å². The molecule has 2 rings (SSSR count). The average Bonchev–Trinajstić information content (AvgIpc) is 2.52. The van der Waals surface area contributed by atoms with Crippen LogP contribution in [-0.2, 0) is 0 Å². The zero-order valence-electron chi connectivity index (χ0n) is 13.1. The molecule has 1 fully saturated rings. The molecule has 0 radical (unpaired) electrons. The molecule has 0 spiro atoms. The van der Waals surface area contributed by atoms with E-state index in [1.165, 1.54) is 13.1 Å². The summed E-state index contributed by atoms with van der Waals surface area (Å²) in [6, 6.07) is 10.1. The van der Waals surface area contributed by atoms with Crippen LogP contribution in [0.25, 0.3) is 0 Å². The minimum absolute atomic E-state index is 0.659. The fourth-order valence-corrected chi connectivity index (χ4v) is 2.61. The van der Waals surface area contributed by atoms with Gasteiger partial charge in [-0.05, 0) is 44.5 Å². The van der Waals surface area contributed by atoms with E-state index in [4.69, 9.17) is 10.00 Å². The van der Waals surface area contributed by atoms with Gasteiger partial charge in [-0.3, -0.25) is 4.90 Å². The van der Waals surface area contributed by atoms with Crippen LogP contribution in [0, 0.1) is 11.3 Å². The first-order valence-corrected chi connectivity index (χ1v) is 7.78. The largest absolute Gasteiger partial charge is 0.494 e. The minimum Gasteiger partial charge on any atom is -0.494 e. The lowest BCUT2D eigenvalue weighted by Gasteiger charge is -2.36. The van der Waals surface area contributed by atoms with Crippen LogP contribution in [0.15, 0.2) is 24.3 Å². The number of hydrogen-bond donors (Lipinski definition) is 0. The number of rotatable bonds is 6. The molecule has 0 aliphatic carbocycles. The Kier molecular flexibility index (Phi) is 6.04. The van der Waals surface area contributed by atoms with E-state index in [9.17, 15) is 0 Å². The molecule has 1 aliphatic heterocycles. The van der Waals surface area contributed by atoms with Gasteiger partial charge in [0, 0.05) is 38.8 Å². The normalized spacial score (nSPS) is 16.9. The molecule has 4 nitrogen and oxygen atoms in total. The Labute approximate surface area is 127 Å². The maximum Gasteiger partial charge on any atom is 0.119 e. The van der Waals surface area contributed by atoms with Gasteiger partial charge < -0.3 is 9.64 Å². The highest BCUT2D eigenvalue weighted by molar-refractivity contribution is 5.34. The zero-order valence-corrected chi connectivity index (χ0v) is 13.1. The summed E-state index contributed by atoms with van der Waals surface area (Å²) in [5.41, 5.74) is 0.672. The maximum absolute atomic E-state index is 8.74. The van der Waals surface area contributed by atoms with Crippen molar-refractivity contribution in [1.29, 1.82) is 5.26 Å². The number of hydrogen-bond acceptors (Lipinski definition) is 4. The Balaban J connectivity index is 1.61. The van der Waals surface area contributed by atoms with Crippen molar-refractivity contribution < 1.29 is 4.74 Å². The molecule has 0 N–H and O–H groups in total. The van der Waals surface area contributed by atoms with Crippen molar-refractivity contribution >= 4 is 0 Å². The SMILES string of the molecule is CC(C)N1CCN(CCCOc2ccc(C#N)cc2)CC1. The van der Waals surface area contributed by atoms with Gasteiger partial charge in [0.05, 0.1) is 18.2 Å². The molecule has 21 heavy (non-hydrogen) atoms. The molecule has 1 aromatic carbocycles. The first-order chi connectivity index (χ1) is 10.2. The zero-order chi connectivity index (χ0) is 15.1. The van der Waals surface area contributed by atoms with E-state index < -0.39 is 0 Å². The maximum atomic E-state index is 8.74.